The van der Waals surface area contributed by atoms with Crippen LogP contribution in [0, 0.1) is 10.8 Å². The van der Waals surface area contributed by atoms with E-state index in [0.29, 0.717) is 26.2 Å². The smallest absolute Gasteiger partial charge is 0.327 e. The summed E-state index contributed by atoms with van der Waals surface area (Å²) >= 11 is 0. The molecule has 1 aromatic rings. The van der Waals surface area contributed by atoms with Crippen LogP contribution in [0.2, 0.25) is 0 Å². The third kappa shape index (κ3) is 3.08. The Labute approximate surface area is 143 Å². The largest absolute Gasteiger partial charge is 0.448 e. The SMILES string of the molecule is CCC(C)(C)C(=O)OC(c1ccccc1)C12OCC(C)(CO1)CO2. The van der Waals surface area contributed by atoms with Gasteiger partial charge in [-0.3, -0.25) is 4.79 Å². The summed E-state index contributed by atoms with van der Waals surface area (Å²) < 4.78 is 23.6. The van der Waals surface area contributed by atoms with Crippen LogP contribution in [0.1, 0.15) is 45.8 Å². The summed E-state index contributed by atoms with van der Waals surface area (Å²) in [7, 11) is 0. The summed E-state index contributed by atoms with van der Waals surface area (Å²) in [5, 5.41) is 0. The fourth-order valence-electron chi connectivity index (χ4n) is 2.68. The molecule has 24 heavy (non-hydrogen) atoms. The van der Waals surface area contributed by atoms with E-state index in [-0.39, 0.29) is 11.4 Å². The Morgan fingerprint density at radius 1 is 1.17 bits per heavy atom. The first-order valence-electron chi connectivity index (χ1n) is 8.48. The highest BCUT2D eigenvalue weighted by Gasteiger charge is 2.57. The van der Waals surface area contributed by atoms with E-state index in [1.54, 1.807) is 0 Å². The van der Waals surface area contributed by atoms with Gasteiger partial charge in [-0.05, 0) is 20.3 Å². The molecule has 0 radical (unpaired) electrons. The molecule has 4 rings (SSSR count). The van der Waals surface area contributed by atoms with Gasteiger partial charge in [0, 0.05) is 11.0 Å². The predicted molar refractivity (Wildman–Crippen MR) is 88.0 cm³/mol. The second kappa shape index (κ2) is 6.14. The summed E-state index contributed by atoms with van der Waals surface area (Å²) in [6.45, 7) is 9.32. The van der Waals surface area contributed by atoms with Crippen molar-refractivity contribution in [2.45, 2.75) is 46.2 Å². The van der Waals surface area contributed by atoms with Gasteiger partial charge in [0.2, 0.25) is 6.10 Å². The van der Waals surface area contributed by atoms with E-state index in [4.69, 9.17) is 18.9 Å². The van der Waals surface area contributed by atoms with Gasteiger partial charge in [0.15, 0.2) is 0 Å². The number of carbonyl (C=O) groups is 1. The fourth-order valence-corrected chi connectivity index (χ4v) is 2.68. The average Bonchev–Trinajstić information content (AvgIpc) is 2.61. The maximum atomic E-state index is 12.7. The minimum absolute atomic E-state index is 0.143. The molecule has 5 heteroatoms. The van der Waals surface area contributed by atoms with Gasteiger partial charge in [-0.15, -0.1) is 0 Å². The molecule has 3 fully saturated rings. The maximum Gasteiger partial charge on any atom is 0.327 e. The first kappa shape index (κ1) is 17.4. The first-order chi connectivity index (χ1) is 11.3. The van der Waals surface area contributed by atoms with Gasteiger partial charge in [-0.1, -0.05) is 44.2 Å². The molecule has 1 aromatic carbocycles. The summed E-state index contributed by atoms with van der Waals surface area (Å²) in [5.41, 5.74) is 0.0697. The van der Waals surface area contributed by atoms with E-state index in [1.807, 2.05) is 51.1 Å². The molecule has 5 nitrogen and oxygen atoms in total. The third-order valence-corrected chi connectivity index (χ3v) is 4.95. The monoisotopic (exact) mass is 334 g/mol. The summed E-state index contributed by atoms with van der Waals surface area (Å²) in [4.78, 5) is 12.7. The average molecular weight is 334 g/mol. The quantitative estimate of drug-likeness (QED) is 0.772. The number of rotatable bonds is 5. The van der Waals surface area contributed by atoms with Gasteiger partial charge >= 0.3 is 11.9 Å². The lowest BCUT2D eigenvalue weighted by molar-refractivity contribution is -0.490. The molecular formula is C19H26O5. The van der Waals surface area contributed by atoms with Crippen molar-refractivity contribution < 1.29 is 23.7 Å². The van der Waals surface area contributed by atoms with Crippen LogP contribution in [0.4, 0.5) is 0 Å². The standard InChI is InChI=1S/C19H26O5/c1-5-17(2,3)16(20)24-15(14-9-7-6-8-10-14)19-21-11-18(4,12-22-19)13-23-19/h6-10,15H,5,11-13H2,1-4H3. The molecule has 3 aliphatic heterocycles. The lowest BCUT2D eigenvalue weighted by Gasteiger charge is -2.52. The van der Waals surface area contributed by atoms with Crippen molar-refractivity contribution >= 4 is 5.97 Å². The number of carbonyl (C=O) groups excluding carboxylic acids is 1. The second-order valence-corrected chi connectivity index (χ2v) is 7.71. The van der Waals surface area contributed by atoms with Crippen LogP contribution in [0.15, 0.2) is 30.3 Å². The van der Waals surface area contributed by atoms with Gasteiger partial charge in [-0.2, -0.15) is 0 Å². The van der Waals surface area contributed by atoms with Crippen molar-refractivity contribution in [3.05, 3.63) is 35.9 Å². The molecule has 3 aliphatic rings. The highest BCUT2D eigenvalue weighted by Crippen LogP contribution is 2.46. The van der Waals surface area contributed by atoms with E-state index in [9.17, 15) is 4.79 Å². The second-order valence-electron chi connectivity index (χ2n) is 7.71. The Morgan fingerprint density at radius 2 is 1.71 bits per heavy atom. The lowest BCUT2D eigenvalue weighted by atomic mass is 9.89. The molecular weight excluding hydrogens is 308 g/mol. The fraction of sp³-hybridized carbons (Fsp3) is 0.632. The molecule has 1 atom stereocenters. The number of hydrogen-bond acceptors (Lipinski definition) is 5. The lowest BCUT2D eigenvalue weighted by Crippen LogP contribution is -2.62. The number of fused-ring (bicyclic) bond motifs is 3. The molecule has 0 saturated carbocycles. The van der Waals surface area contributed by atoms with Crippen LogP contribution in [-0.4, -0.2) is 31.8 Å². The first-order valence-corrected chi connectivity index (χ1v) is 8.48. The molecule has 0 aliphatic carbocycles. The summed E-state index contributed by atoms with van der Waals surface area (Å²) in [6, 6.07) is 9.49. The van der Waals surface area contributed by atoms with Gasteiger partial charge in [0.25, 0.3) is 0 Å². The number of benzene rings is 1. The maximum absolute atomic E-state index is 12.7. The van der Waals surface area contributed by atoms with Crippen LogP contribution in [0.3, 0.4) is 0 Å². The van der Waals surface area contributed by atoms with Gasteiger partial charge < -0.3 is 18.9 Å². The summed E-state index contributed by atoms with van der Waals surface area (Å²) in [6.07, 6.45) is -0.0806. The van der Waals surface area contributed by atoms with Crippen molar-refractivity contribution in [2.75, 3.05) is 19.8 Å². The van der Waals surface area contributed by atoms with Gasteiger partial charge in [0.1, 0.15) is 0 Å². The van der Waals surface area contributed by atoms with Crippen LogP contribution >= 0.6 is 0 Å². The predicted octanol–water partition coefficient (Wildman–Crippen LogP) is 3.44. The molecule has 132 valence electrons. The molecule has 1 unspecified atom stereocenters. The van der Waals surface area contributed by atoms with Gasteiger partial charge in [-0.25, -0.2) is 0 Å². The third-order valence-electron chi connectivity index (χ3n) is 4.95. The van der Waals surface area contributed by atoms with Crippen molar-refractivity contribution in [1.29, 1.82) is 0 Å². The topological polar surface area (TPSA) is 54.0 Å². The summed E-state index contributed by atoms with van der Waals surface area (Å²) in [5.74, 6) is -1.65. The van der Waals surface area contributed by atoms with Crippen LogP contribution in [0.25, 0.3) is 0 Å². The molecule has 0 amide bonds. The van der Waals surface area contributed by atoms with Crippen molar-refractivity contribution in [3.63, 3.8) is 0 Å². The van der Waals surface area contributed by atoms with E-state index >= 15 is 0 Å². The number of esters is 1. The molecule has 2 bridgehead atoms. The van der Waals surface area contributed by atoms with Crippen molar-refractivity contribution in [1.82, 2.24) is 0 Å². The Morgan fingerprint density at radius 3 is 2.21 bits per heavy atom. The zero-order valence-electron chi connectivity index (χ0n) is 14.8. The Kier molecular flexibility index (Phi) is 4.45. The number of ether oxygens (including phenoxy) is 4. The van der Waals surface area contributed by atoms with E-state index in [0.717, 1.165) is 5.56 Å². The van der Waals surface area contributed by atoms with Crippen LogP contribution in [-0.2, 0) is 23.7 Å². The molecule has 0 aromatic heterocycles. The van der Waals surface area contributed by atoms with Crippen molar-refractivity contribution in [2.24, 2.45) is 10.8 Å². The molecule has 3 saturated heterocycles. The number of hydrogen-bond donors (Lipinski definition) is 0. The zero-order valence-corrected chi connectivity index (χ0v) is 14.8. The molecule has 0 N–H and O–H groups in total. The molecule has 0 spiro atoms. The van der Waals surface area contributed by atoms with Crippen LogP contribution < -0.4 is 0 Å². The van der Waals surface area contributed by atoms with Gasteiger partial charge in [0.05, 0.1) is 25.2 Å². The minimum atomic E-state index is -1.36. The Balaban J connectivity index is 1.91. The van der Waals surface area contributed by atoms with E-state index in [2.05, 4.69) is 6.92 Å². The van der Waals surface area contributed by atoms with Crippen molar-refractivity contribution in [3.8, 4) is 0 Å². The van der Waals surface area contributed by atoms with E-state index < -0.39 is 17.5 Å². The highest BCUT2D eigenvalue weighted by molar-refractivity contribution is 5.76. The normalized spacial score (nSPS) is 30.8. The van der Waals surface area contributed by atoms with Crippen LogP contribution in [0.5, 0.6) is 0 Å². The highest BCUT2D eigenvalue weighted by atomic mass is 16.9. The van der Waals surface area contributed by atoms with E-state index in [1.165, 1.54) is 0 Å². The Hall–Kier alpha value is -1.43. The molecule has 3 heterocycles. The zero-order chi connectivity index (χ0) is 17.4. The minimum Gasteiger partial charge on any atom is -0.448 e. The Bertz CT molecular complexity index is 571.